The molecule has 2 N–H and O–H groups in total. The molecule has 2 rings (SSSR count). The monoisotopic (exact) mass is 269 g/mol. The first-order valence-corrected chi connectivity index (χ1v) is 7.00. The minimum Gasteiger partial charge on any atom is -0.335 e. The lowest BCUT2D eigenvalue weighted by Gasteiger charge is -2.03. The third-order valence-electron chi connectivity index (χ3n) is 2.54. The van der Waals surface area contributed by atoms with Gasteiger partial charge in [-0.15, -0.1) is 0 Å². The number of rotatable bonds is 5. The lowest BCUT2D eigenvalue weighted by molar-refractivity contribution is 0.578. The quantitative estimate of drug-likeness (QED) is 0.810. The van der Waals surface area contributed by atoms with Gasteiger partial charge in [0.1, 0.15) is 0 Å². The summed E-state index contributed by atoms with van der Waals surface area (Å²) >= 11 is 0. The molecule has 0 fully saturated rings. The number of H-pyrrole nitrogens is 1. The molecule has 0 aliphatic carbocycles. The van der Waals surface area contributed by atoms with Gasteiger partial charge in [0.25, 0.3) is 10.0 Å². The van der Waals surface area contributed by atoms with E-state index in [4.69, 9.17) is 0 Å². The highest BCUT2D eigenvalue weighted by Crippen LogP contribution is 2.09. The Balaban J connectivity index is 2.12. The number of hydrogen-bond acceptors (Lipinski definition) is 4. The van der Waals surface area contributed by atoms with Gasteiger partial charge in [0.2, 0.25) is 0 Å². The summed E-state index contributed by atoms with van der Waals surface area (Å²) in [5.41, 5.74) is 1.77. The van der Waals surface area contributed by atoms with Crippen LogP contribution in [0.5, 0.6) is 0 Å². The van der Waals surface area contributed by atoms with E-state index in [1.165, 1.54) is 12.5 Å². The molecular formula is C10H15N5O2S. The second-order valence-electron chi connectivity index (χ2n) is 3.87. The van der Waals surface area contributed by atoms with Gasteiger partial charge >= 0.3 is 0 Å². The zero-order valence-electron chi connectivity index (χ0n) is 10.2. The molecule has 0 bridgehead atoms. The smallest absolute Gasteiger partial charge is 0.257 e. The van der Waals surface area contributed by atoms with Crippen LogP contribution in [0.25, 0.3) is 0 Å². The van der Waals surface area contributed by atoms with Crippen molar-refractivity contribution in [2.24, 2.45) is 7.05 Å². The molecule has 0 atom stereocenters. The van der Waals surface area contributed by atoms with Crippen molar-refractivity contribution in [2.75, 3.05) is 0 Å². The number of aromatic amines is 1. The number of aromatic nitrogens is 4. The molecule has 2 heterocycles. The predicted octanol–water partition coefficient (Wildman–Crippen LogP) is 0.184. The Morgan fingerprint density at radius 3 is 2.89 bits per heavy atom. The topological polar surface area (TPSA) is 92.7 Å². The second kappa shape index (κ2) is 4.91. The Bertz CT molecular complexity index is 615. The van der Waals surface area contributed by atoms with E-state index in [9.17, 15) is 8.42 Å². The summed E-state index contributed by atoms with van der Waals surface area (Å²) in [7, 11) is -1.72. The highest BCUT2D eigenvalue weighted by molar-refractivity contribution is 7.89. The van der Waals surface area contributed by atoms with Crippen molar-refractivity contribution in [3.63, 3.8) is 0 Å². The highest BCUT2D eigenvalue weighted by atomic mass is 32.2. The zero-order valence-corrected chi connectivity index (χ0v) is 11.0. The molecule has 0 aliphatic rings. The van der Waals surface area contributed by atoms with Crippen LogP contribution in [0.15, 0.2) is 23.7 Å². The molecule has 8 heteroatoms. The summed E-state index contributed by atoms with van der Waals surface area (Å²) < 4.78 is 27.9. The molecule has 18 heavy (non-hydrogen) atoms. The summed E-state index contributed by atoms with van der Waals surface area (Å²) in [6, 6.07) is 0. The zero-order chi connectivity index (χ0) is 13.2. The molecule has 7 nitrogen and oxygen atoms in total. The van der Waals surface area contributed by atoms with Crippen LogP contribution in [0, 0.1) is 0 Å². The number of nitrogens with one attached hydrogen (secondary N) is 2. The number of imidazole rings is 1. The minimum absolute atomic E-state index is 0.0597. The Kier molecular flexibility index (Phi) is 3.48. The van der Waals surface area contributed by atoms with Gasteiger partial charge in [0.15, 0.2) is 5.03 Å². The van der Waals surface area contributed by atoms with Crippen molar-refractivity contribution in [1.29, 1.82) is 0 Å². The average molecular weight is 269 g/mol. The molecule has 0 saturated heterocycles. The van der Waals surface area contributed by atoms with Crippen LogP contribution in [-0.2, 0) is 30.0 Å². The standard InChI is InChI=1S/C10H15N5O2S/c1-3-9-8(6-15(2)14-9)4-13-18(16,17)10-5-11-7-12-10/h5-7,13H,3-4H2,1-2H3,(H,11,12). The average Bonchev–Trinajstić information content (AvgIpc) is 2.95. The third-order valence-corrected chi connectivity index (χ3v) is 3.87. The van der Waals surface area contributed by atoms with Crippen molar-refractivity contribution >= 4 is 10.0 Å². The van der Waals surface area contributed by atoms with Crippen LogP contribution in [0.3, 0.4) is 0 Å². The van der Waals surface area contributed by atoms with Gasteiger partial charge in [-0.1, -0.05) is 6.92 Å². The first kappa shape index (κ1) is 12.8. The van der Waals surface area contributed by atoms with E-state index in [0.717, 1.165) is 17.7 Å². The van der Waals surface area contributed by atoms with Crippen LogP contribution in [0.1, 0.15) is 18.2 Å². The number of aryl methyl sites for hydroxylation is 2. The fourth-order valence-electron chi connectivity index (χ4n) is 1.67. The number of sulfonamides is 1. The van der Waals surface area contributed by atoms with Crippen LogP contribution in [0.2, 0.25) is 0 Å². The molecule has 0 amide bonds. The summed E-state index contributed by atoms with van der Waals surface area (Å²) in [6.45, 7) is 2.20. The molecule has 2 aromatic rings. The van der Waals surface area contributed by atoms with E-state index >= 15 is 0 Å². The molecule has 0 saturated carbocycles. The van der Waals surface area contributed by atoms with Crippen LogP contribution in [0.4, 0.5) is 0 Å². The first-order valence-electron chi connectivity index (χ1n) is 5.52. The van der Waals surface area contributed by atoms with E-state index in [2.05, 4.69) is 19.8 Å². The van der Waals surface area contributed by atoms with Gasteiger partial charge in [-0.2, -0.15) is 5.10 Å². The van der Waals surface area contributed by atoms with Gasteiger partial charge in [-0.25, -0.2) is 18.1 Å². The fourth-order valence-corrected chi connectivity index (χ4v) is 2.58. The molecule has 0 spiro atoms. The molecule has 0 aromatic carbocycles. The predicted molar refractivity (Wildman–Crippen MR) is 65.2 cm³/mol. The van der Waals surface area contributed by atoms with Crippen molar-refractivity contribution in [1.82, 2.24) is 24.5 Å². The maximum Gasteiger partial charge on any atom is 0.257 e. The van der Waals surface area contributed by atoms with Crippen LogP contribution in [-0.4, -0.2) is 28.2 Å². The normalized spacial score (nSPS) is 11.9. The Labute approximate surface area is 105 Å². The van der Waals surface area contributed by atoms with Crippen molar-refractivity contribution < 1.29 is 8.42 Å². The fraction of sp³-hybridized carbons (Fsp3) is 0.400. The SMILES string of the molecule is CCc1nn(C)cc1CNS(=O)(=O)c1cnc[nH]1. The Morgan fingerprint density at radius 1 is 1.50 bits per heavy atom. The third kappa shape index (κ3) is 2.59. The van der Waals surface area contributed by atoms with Gasteiger partial charge < -0.3 is 4.98 Å². The lowest BCUT2D eigenvalue weighted by atomic mass is 10.2. The maximum absolute atomic E-state index is 11.9. The van der Waals surface area contributed by atoms with Crippen molar-refractivity contribution in [3.05, 3.63) is 30.0 Å². The van der Waals surface area contributed by atoms with E-state index in [1.807, 2.05) is 20.2 Å². The van der Waals surface area contributed by atoms with Crippen molar-refractivity contribution in [3.8, 4) is 0 Å². The second-order valence-corrected chi connectivity index (χ2v) is 5.60. The van der Waals surface area contributed by atoms with E-state index in [1.54, 1.807) is 4.68 Å². The largest absolute Gasteiger partial charge is 0.335 e. The molecule has 0 unspecified atom stereocenters. The van der Waals surface area contributed by atoms with Gasteiger partial charge in [-0.3, -0.25) is 4.68 Å². The highest BCUT2D eigenvalue weighted by Gasteiger charge is 2.16. The minimum atomic E-state index is -3.54. The summed E-state index contributed by atoms with van der Waals surface area (Å²) in [5, 5.41) is 4.31. The Morgan fingerprint density at radius 2 is 2.28 bits per heavy atom. The molecule has 2 aromatic heterocycles. The maximum atomic E-state index is 11.9. The molecule has 98 valence electrons. The van der Waals surface area contributed by atoms with Crippen molar-refractivity contribution in [2.45, 2.75) is 24.9 Å². The van der Waals surface area contributed by atoms with Gasteiger partial charge in [-0.05, 0) is 6.42 Å². The molecule has 0 aliphatic heterocycles. The molecule has 0 radical (unpaired) electrons. The van der Waals surface area contributed by atoms with Gasteiger partial charge in [0, 0.05) is 25.4 Å². The van der Waals surface area contributed by atoms with Crippen LogP contribution < -0.4 is 4.72 Å². The number of hydrogen-bond donors (Lipinski definition) is 2. The van der Waals surface area contributed by atoms with E-state index < -0.39 is 10.0 Å². The summed E-state index contributed by atoms with van der Waals surface area (Å²) in [4.78, 5) is 6.26. The van der Waals surface area contributed by atoms with E-state index in [-0.39, 0.29) is 11.6 Å². The van der Waals surface area contributed by atoms with Gasteiger partial charge in [0.05, 0.1) is 18.2 Å². The first-order chi connectivity index (χ1) is 8.53. The molecular weight excluding hydrogens is 254 g/mol. The number of nitrogens with zero attached hydrogens (tertiary/aromatic N) is 3. The lowest BCUT2D eigenvalue weighted by Crippen LogP contribution is -2.23. The van der Waals surface area contributed by atoms with E-state index in [0.29, 0.717) is 0 Å². The summed E-state index contributed by atoms with van der Waals surface area (Å²) in [5.74, 6) is 0. The Hall–Kier alpha value is -1.67. The summed E-state index contributed by atoms with van der Waals surface area (Å²) in [6.07, 6.45) is 5.18. The van der Waals surface area contributed by atoms with Crippen LogP contribution >= 0.6 is 0 Å².